The molecular weight excluding hydrogens is 574 g/mol. The lowest BCUT2D eigenvalue weighted by molar-refractivity contribution is -0.143. The molecule has 0 aliphatic rings. The normalized spacial score (nSPS) is 13.8. The van der Waals surface area contributed by atoms with Gasteiger partial charge in [0.15, 0.2) is 0 Å². The molecule has 45 heavy (non-hydrogen) atoms. The predicted molar refractivity (Wildman–Crippen MR) is 173 cm³/mol. The lowest BCUT2D eigenvalue weighted by Gasteiger charge is -2.28. The van der Waals surface area contributed by atoms with Crippen molar-refractivity contribution < 1.29 is 34.1 Å². The first-order valence-corrected chi connectivity index (χ1v) is 15.5. The third-order valence-electron chi connectivity index (χ3n) is 7.54. The molecule has 3 rings (SSSR count). The molecule has 0 fully saturated rings. The Morgan fingerprint density at radius 3 is 2.24 bits per heavy atom. The zero-order chi connectivity index (χ0) is 32.8. The summed E-state index contributed by atoms with van der Waals surface area (Å²) in [4.78, 5) is 50.4. The molecule has 5 N–H and O–H groups in total. The number of hydrogen-bond donors (Lipinski definition) is 5. The number of carboxylic acids is 1. The van der Waals surface area contributed by atoms with E-state index in [4.69, 9.17) is 4.74 Å². The Kier molecular flexibility index (Phi) is 13.8. The summed E-state index contributed by atoms with van der Waals surface area (Å²) in [5, 5.41) is 30.9. The van der Waals surface area contributed by atoms with Gasteiger partial charge in [-0.2, -0.15) is 0 Å². The number of amides is 3. The Morgan fingerprint density at radius 1 is 0.867 bits per heavy atom. The van der Waals surface area contributed by atoms with Gasteiger partial charge >= 0.3 is 5.97 Å². The van der Waals surface area contributed by atoms with Crippen molar-refractivity contribution in [1.29, 1.82) is 0 Å². The maximum Gasteiger partial charge on any atom is 0.326 e. The van der Waals surface area contributed by atoms with Crippen LogP contribution in [0.15, 0.2) is 72.8 Å². The van der Waals surface area contributed by atoms with E-state index < -0.39 is 48.3 Å². The molecule has 10 heteroatoms. The van der Waals surface area contributed by atoms with Crippen LogP contribution in [0.1, 0.15) is 52.0 Å². The minimum atomic E-state index is -1.48. The first kappa shape index (κ1) is 35.0. The molecule has 0 saturated carbocycles. The van der Waals surface area contributed by atoms with Crippen LogP contribution < -0.4 is 20.7 Å². The van der Waals surface area contributed by atoms with Crippen LogP contribution in [0.3, 0.4) is 0 Å². The van der Waals surface area contributed by atoms with E-state index in [9.17, 15) is 29.4 Å². The van der Waals surface area contributed by atoms with Crippen LogP contribution in [0.4, 0.5) is 0 Å². The molecule has 0 aliphatic carbocycles. The number of carbonyl (C=O) groups is 4. The molecule has 0 radical (unpaired) electrons. The molecular formula is C35H45N3O7. The van der Waals surface area contributed by atoms with Crippen LogP contribution in [0, 0.1) is 11.8 Å². The Labute approximate surface area is 264 Å². The first-order valence-electron chi connectivity index (χ1n) is 15.5. The highest BCUT2D eigenvalue weighted by molar-refractivity contribution is 5.89. The zero-order valence-corrected chi connectivity index (χ0v) is 26.2. The first-order chi connectivity index (χ1) is 21.6. The van der Waals surface area contributed by atoms with Crippen LogP contribution in [0.5, 0.6) is 5.75 Å². The molecule has 0 spiro atoms. The van der Waals surface area contributed by atoms with Gasteiger partial charge in [-0.05, 0) is 42.2 Å². The number of hydrogen-bond acceptors (Lipinski definition) is 6. The van der Waals surface area contributed by atoms with Crippen molar-refractivity contribution in [1.82, 2.24) is 16.0 Å². The summed E-state index contributed by atoms with van der Waals surface area (Å²) in [5.41, 5.74) is 0.855. The fourth-order valence-electron chi connectivity index (χ4n) is 5.01. The van der Waals surface area contributed by atoms with Gasteiger partial charge in [0.1, 0.15) is 11.8 Å². The molecule has 4 atom stereocenters. The minimum Gasteiger partial charge on any atom is -0.492 e. The summed E-state index contributed by atoms with van der Waals surface area (Å²) in [7, 11) is 0. The van der Waals surface area contributed by atoms with Gasteiger partial charge in [-0.25, -0.2) is 4.79 Å². The summed E-state index contributed by atoms with van der Waals surface area (Å²) in [5.74, 6) is -2.31. The molecule has 242 valence electrons. The highest BCUT2D eigenvalue weighted by Gasteiger charge is 2.30. The van der Waals surface area contributed by atoms with Crippen molar-refractivity contribution in [3.05, 3.63) is 78.4 Å². The predicted octanol–water partition coefficient (Wildman–Crippen LogP) is 3.85. The van der Waals surface area contributed by atoms with Gasteiger partial charge < -0.3 is 30.9 Å². The maximum atomic E-state index is 13.1. The molecule has 10 nitrogen and oxygen atoms in total. The summed E-state index contributed by atoms with van der Waals surface area (Å²) in [6.07, 6.45) is -0.824. The number of carboxylic acid groups (broad SMARTS) is 1. The minimum absolute atomic E-state index is 0.0209. The van der Waals surface area contributed by atoms with E-state index in [1.54, 1.807) is 6.07 Å². The molecule has 0 heterocycles. The van der Waals surface area contributed by atoms with Gasteiger partial charge in [-0.1, -0.05) is 87.5 Å². The van der Waals surface area contributed by atoms with Crippen molar-refractivity contribution >= 4 is 34.5 Å². The highest BCUT2D eigenvalue weighted by Crippen LogP contribution is 2.25. The monoisotopic (exact) mass is 619 g/mol. The lowest BCUT2D eigenvalue weighted by Crippen LogP contribution is -2.50. The van der Waals surface area contributed by atoms with E-state index >= 15 is 0 Å². The Balaban J connectivity index is 1.60. The number of aliphatic hydroxyl groups excluding tert-OH is 1. The third kappa shape index (κ3) is 11.5. The van der Waals surface area contributed by atoms with Crippen molar-refractivity contribution in [2.45, 2.75) is 71.1 Å². The Morgan fingerprint density at radius 2 is 1.56 bits per heavy atom. The van der Waals surface area contributed by atoms with E-state index in [0.29, 0.717) is 18.7 Å². The standard InChI is InChI=1S/C35H45N3O7/c1-4-25(34(42)36-22-23(2)3)20-30(39)28(19-24-11-6-5-7-12-24)37-33(41)21-29(35(43)44)38-32(40)17-18-45-31-16-10-14-26-13-8-9-15-27(26)31/h5-16,23,25,28-30,39H,4,17-22H2,1-3H3,(H,36,42)(H,37,41)(H,38,40)(H,43,44)/t25-,28-,29-,30-/m0/s1. The quantitative estimate of drug-likeness (QED) is 0.145. The summed E-state index contributed by atoms with van der Waals surface area (Å²) in [6, 6.07) is 20.3. The molecule has 0 aromatic heterocycles. The number of benzene rings is 3. The van der Waals surface area contributed by atoms with E-state index in [2.05, 4.69) is 16.0 Å². The third-order valence-corrected chi connectivity index (χ3v) is 7.54. The lowest BCUT2D eigenvalue weighted by atomic mass is 9.91. The van der Waals surface area contributed by atoms with Gasteiger partial charge in [-0.3, -0.25) is 14.4 Å². The molecule has 3 amide bonds. The van der Waals surface area contributed by atoms with Gasteiger partial charge in [0.25, 0.3) is 0 Å². The highest BCUT2D eigenvalue weighted by atomic mass is 16.5. The molecule has 3 aromatic carbocycles. The number of rotatable bonds is 18. The maximum absolute atomic E-state index is 13.1. The second-order valence-corrected chi connectivity index (χ2v) is 11.6. The van der Waals surface area contributed by atoms with E-state index in [1.807, 2.05) is 87.5 Å². The summed E-state index contributed by atoms with van der Waals surface area (Å²) < 4.78 is 5.79. The number of carbonyl (C=O) groups excluding carboxylic acids is 3. The van der Waals surface area contributed by atoms with Crippen molar-refractivity contribution in [3.8, 4) is 5.75 Å². The summed E-state index contributed by atoms with van der Waals surface area (Å²) in [6.45, 7) is 6.40. The number of ether oxygens (including phenoxy) is 1. The van der Waals surface area contributed by atoms with Gasteiger partial charge in [0, 0.05) is 17.8 Å². The average Bonchev–Trinajstić information content (AvgIpc) is 3.02. The smallest absolute Gasteiger partial charge is 0.326 e. The van der Waals surface area contributed by atoms with Crippen LogP contribution in [0.2, 0.25) is 0 Å². The number of nitrogens with one attached hydrogen (secondary N) is 3. The second kappa shape index (κ2) is 17.8. The summed E-state index contributed by atoms with van der Waals surface area (Å²) >= 11 is 0. The van der Waals surface area contributed by atoms with Crippen LogP contribution in [0.25, 0.3) is 10.8 Å². The van der Waals surface area contributed by atoms with Crippen molar-refractivity contribution in [3.63, 3.8) is 0 Å². The van der Waals surface area contributed by atoms with E-state index in [1.165, 1.54) is 0 Å². The van der Waals surface area contributed by atoms with Gasteiger partial charge in [0.2, 0.25) is 17.7 Å². The van der Waals surface area contributed by atoms with Crippen molar-refractivity contribution in [2.24, 2.45) is 11.8 Å². The van der Waals surface area contributed by atoms with Gasteiger partial charge in [0.05, 0.1) is 31.6 Å². The molecule has 0 saturated heterocycles. The van der Waals surface area contributed by atoms with Crippen LogP contribution in [-0.4, -0.2) is 65.2 Å². The zero-order valence-electron chi connectivity index (χ0n) is 26.2. The Hall–Kier alpha value is -4.44. The number of aliphatic carboxylic acids is 1. The molecule has 0 bridgehead atoms. The van der Waals surface area contributed by atoms with Crippen molar-refractivity contribution in [2.75, 3.05) is 13.2 Å². The number of fused-ring (bicyclic) bond motifs is 1. The topological polar surface area (TPSA) is 154 Å². The molecule has 0 unspecified atom stereocenters. The van der Waals surface area contributed by atoms with E-state index in [0.717, 1.165) is 16.3 Å². The van der Waals surface area contributed by atoms with Crippen LogP contribution in [-0.2, 0) is 25.6 Å². The largest absolute Gasteiger partial charge is 0.492 e. The van der Waals surface area contributed by atoms with Crippen LogP contribution >= 0.6 is 0 Å². The molecule has 0 aliphatic heterocycles. The SMILES string of the molecule is CC[C@@H](C[C@H](O)[C@H](Cc1ccccc1)NC(=O)C[C@H](NC(=O)CCOc1cccc2ccccc12)C(=O)O)C(=O)NCC(C)C. The Bertz CT molecular complexity index is 1410. The number of aliphatic hydroxyl groups is 1. The fraction of sp³-hybridized carbons (Fsp3) is 0.429. The molecule has 3 aromatic rings. The fourth-order valence-corrected chi connectivity index (χ4v) is 5.01. The van der Waals surface area contributed by atoms with E-state index in [-0.39, 0.29) is 37.7 Å². The second-order valence-electron chi connectivity index (χ2n) is 11.6. The average molecular weight is 620 g/mol. The van der Waals surface area contributed by atoms with Gasteiger partial charge in [-0.15, -0.1) is 0 Å².